The minimum atomic E-state index is -0.509. The van der Waals surface area contributed by atoms with Crippen molar-refractivity contribution in [2.24, 2.45) is 5.10 Å². The number of H-pyrrole nitrogens is 1. The average molecular weight is 463 g/mol. The van der Waals surface area contributed by atoms with Gasteiger partial charge in [-0.15, -0.1) is 0 Å². The molecule has 1 aliphatic rings. The lowest BCUT2D eigenvalue weighted by Gasteiger charge is -2.20. The normalized spacial score (nSPS) is 13.5. The number of aromatic nitrogens is 2. The summed E-state index contributed by atoms with van der Waals surface area (Å²) in [5.74, 6) is 0.175. The first-order chi connectivity index (χ1) is 14.7. The van der Waals surface area contributed by atoms with Crippen molar-refractivity contribution in [3.05, 3.63) is 74.5 Å². The summed E-state index contributed by atoms with van der Waals surface area (Å²) in [4.78, 5) is 21.6. The maximum Gasteiger partial charge on any atom is 0.270 e. The molecule has 4 rings (SSSR count). The Labute approximate surface area is 182 Å². The number of aromatic amines is 1. The van der Waals surface area contributed by atoms with Crippen LogP contribution in [0.5, 0.6) is 0 Å². The highest BCUT2D eigenvalue weighted by atomic mass is 79.9. The van der Waals surface area contributed by atoms with Crippen LogP contribution in [0.1, 0.15) is 24.0 Å². The molecule has 7 nitrogen and oxygen atoms in total. The van der Waals surface area contributed by atoms with Gasteiger partial charge in [0.2, 0.25) is 5.95 Å². The van der Waals surface area contributed by atoms with E-state index < -0.39 is 5.56 Å². The fraction of sp³-hybridized carbons (Fsp3) is 0.182. The summed E-state index contributed by atoms with van der Waals surface area (Å²) in [6, 6.07) is 17.1. The van der Waals surface area contributed by atoms with E-state index in [0.717, 1.165) is 28.8 Å². The topological polar surface area (TPSA) is 97.2 Å². The zero-order valence-electron chi connectivity index (χ0n) is 16.1. The number of nitriles is 1. The Morgan fingerprint density at radius 1 is 1.20 bits per heavy atom. The van der Waals surface area contributed by atoms with Gasteiger partial charge >= 0.3 is 0 Å². The summed E-state index contributed by atoms with van der Waals surface area (Å²) in [6.45, 7) is 2.05. The molecular weight excluding hydrogens is 444 g/mol. The van der Waals surface area contributed by atoms with Crippen molar-refractivity contribution in [1.29, 1.82) is 5.26 Å². The smallest absolute Gasteiger partial charge is 0.270 e. The average Bonchev–Trinajstić information content (AvgIpc) is 3.30. The third-order valence-corrected chi connectivity index (χ3v) is 5.39. The molecule has 0 spiro atoms. The summed E-state index contributed by atoms with van der Waals surface area (Å²) < 4.78 is 1.01. The highest BCUT2D eigenvalue weighted by Crippen LogP contribution is 2.27. The minimum absolute atomic E-state index is 0.0278. The molecule has 1 fully saturated rings. The van der Waals surface area contributed by atoms with Crippen molar-refractivity contribution in [2.75, 3.05) is 23.4 Å². The lowest BCUT2D eigenvalue weighted by Crippen LogP contribution is -2.19. The van der Waals surface area contributed by atoms with Crippen molar-refractivity contribution in [2.45, 2.75) is 12.8 Å². The molecule has 0 aliphatic carbocycles. The lowest BCUT2D eigenvalue weighted by atomic mass is 10.1. The Hall–Kier alpha value is -3.44. The molecule has 8 heteroatoms. The van der Waals surface area contributed by atoms with Gasteiger partial charge in [-0.2, -0.15) is 10.4 Å². The zero-order valence-corrected chi connectivity index (χ0v) is 17.7. The first kappa shape index (κ1) is 19.9. The van der Waals surface area contributed by atoms with E-state index in [4.69, 9.17) is 0 Å². The van der Waals surface area contributed by atoms with Crippen molar-refractivity contribution in [3.63, 3.8) is 0 Å². The van der Waals surface area contributed by atoms with Crippen LogP contribution in [0.4, 0.5) is 11.6 Å². The Balaban J connectivity index is 1.62. The molecule has 1 aromatic heterocycles. The van der Waals surface area contributed by atoms with Gasteiger partial charge < -0.3 is 4.90 Å². The van der Waals surface area contributed by atoms with Gasteiger partial charge in [0.1, 0.15) is 11.6 Å². The van der Waals surface area contributed by atoms with Gasteiger partial charge in [-0.1, -0.05) is 52.3 Å². The first-order valence-corrected chi connectivity index (χ1v) is 10.4. The van der Waals surface area contributed by atoms with Gasteiger partial charge in [0.25, 0.3) is 5.56 Å². The van der Waals surface area contributed by atoms with Crippen LogP contribution < -0.4 is 15.9 Å². The van der Waals surface area contributed by atoms with E-state index in [9.17, 15) is 10.1 Å². The second-order valence-corrected chi connectivity index (χ2v) is 7.80. The first-order valence-electron chi connectivity index (χ1n) is 9.59. The van der Waals surface area contributed by atoms with Crippen LogP contribution in [-0.4, -0.2) is 29.3 Å². The molecule has 0 unspecified atom stereocenters. The lowest BCUT2D eigenvalue weighted by molar-refractivity contribution is 0.949. The molecule has 150 valence electrons. The number of halogens is 1. The number of nitrogens with zero attached hydrogens (tertiary/aromatic N) is 4. The van der Waals surface area contributed by atoms with Crippen LogP contribution in [0.25, 0.3) is 11.3 Å². The van der Waals surface area contributed by atoms with Gasteiger partial charge in [0.05, 0.1) is 11.9 Å². The number of hydrogen-bond donors (Lipinski definition) is 2. The fourth-order valence-corrected chi connectivity index (χ4v) is 3.80. The minimum Gasteiger partial charge on any atom is -0.371 e. The quantitative estimate of drug-likeness (QED) is 0.439. The van der Waals surface area contributed by atoms with E-state index in [0.29, 0.717) is 11.3 Å². The molecule has 2 heterocycles. The summed E-state index contributed by atoms with van der Waals surface area (Å²) in [5, 5.41) is 13.6. The second kappa shape index (κ2) is 8.93. The summed E-state index contributed by atoms with van der Waals surface area (Å²) in [7, 11) is 0. The van der Waals surface area contributed by atoms with Crippen molar-refractivity contribution >= 4 is 33.8 Å². The van der Waals surface area contributed by atoms with E-state index in [2.05, 4.69) is 47.4 Å². The predicted octanol–water partition coefficient (Wildman–Crippen LogP) is 4.12. The molecule has 30 heavy (non-hydrogen) atoms. The molecule has 1 saturated heterocycles. The van der Waals surface area contributed by atoms with E-state index >= 15 is 0 Å². The van der Waals surface area contributed by atoms with Gasteiger partial charge in [0, 0.05) is 34.4 Å². The van der Waals surface area contributed by atoms with Crippen LogP contribution in [0.2, 0.25) is 0 Å². The van der Waals surface area contributed by atoms with Crippen LogP contribution in [0.3, 0.4) is 0 Å². The molecule has 0 radical (unpaired) electrons. The number of rotatable bonds is 5. The zero-order chi connectivity index (χ0) is 20.9. The number of nitrogens with one attached hydrogen (secondary N) is 2. The highest BCUT2D eigenvalue weighted by molar-refractivity contribution is 9.10. The van der Waals surface area contributed by atoms with Crippen LogP contribution in [0.15, 0.2) is 62.9 Å². The van der Waals surface area contributed by atoms with Crippen molar-refractivity contribution < 1.29 is 0 Å². The molecule has 0 saturated carbocycles. The number of hydrogen-bond acceptors (Lipinski definition) is 6. The van der Waals surface area contributed by atoms with E-state index in [1.807, 2.05) is 36.4 Å². The number of anilines is 2. The molecular formula is C22H19BrN6O. The standard InChI is InChI=1S/C22H19BrN6O/c23-17-9-8-16(19(12-17)29-10-4-5-11-29)14-25-28-22-26-20(15-6-2-1-3-7-15)18(13-24)21(30)27-22/h1-3,6-9,12,14H,4-5,10-11H2,(H2,26,27,28,30). The maximum atomic E-state index is 12.3. The summed E-state index contributed by atoms with van der Waals surface area (Å²) in [5.41, 5.74) is 5.34. The van der Waals surface area contributed by atoms with E-state index in [1.54, 1.807) is 18.3 Å². The van der Waals surface area contributed by atoms with Crippen LogP contribution in [-0.2, 0) is 0 Å². The monoisotopic (exact) mass is 462 g/mol. The highest BCUT2D eigenvalue weighted by Gasteiger charge is 2.16. The summed E-state index contributed by atoms with van der Waals surface area (Å²) in [6.07, 6.45) is 4.07. The number of benzene rings is 2. The van der Waals surface area contributed by atoms with Gasteiger partial charge in [-0.3, -0.25) is 9.78 Å². The van der Waals surface area contributed by atoms with E-state index in [1.165, 1.54) is 12.8 Å². The molecule has 0 atom stereocenters. The largest absolute Gasteiger partial charge is 0.371 e. The molecule has 2 N–H and O–H groups in total. The Morgan fingerprint density at radius 2 is 1.97 bits per heavy atom. The molecule has 0 amide bonds. The third kappa shape index (κ3) is 4.26. The van der Waals surface area contributed by atoms with Gasteiger partial charge in [-0.05, 0) is 25.0 Å². The second-order valence-electron chi connectivity index (χ2n) is 6.88. The summed E-state index contributed by atoms with van der Waals surface area (Å²) >= 11 is 3.54. The fourth-order valence-electron chi connectivity index (χ4n) is 3.46. The van der Waals surface area contributed by atoms with Crippen molar-refractivity contribution in [3.8, 4) is 17.3 Å². The van der Waals surface area contributed by atoms with Crippen LogP contribution >= 0.6 is 15.9 Å². The van der Waals surface area contributed by atoms with Crippen LogP contribution in [0, 0.1) is 11.3 Å². The Morgan fingerprint density at radius 3 is 2.70 bits per heavy atom. The van der Waals surface area contributed by atoms with Gasteiger partial charge in [0.15, 0.2) is 0 Å². The maximum absolute atomic E-state index is 12.3. The SMILES string of the molecule is N#Cc1c(-c2ccccc2)nc(NN=Cc2ccc(Br)cc2N2CCCC2)[nH]c1=O. The Kier molecular flexibility index (Phi) is 5.91. The van der Waals surface area contributed by atoms with Crippen molar-refractivity contribution in [1.82, 2.24) is 9.97 Å². The molecule has 1 aliphatic heterocycles. The molecule has 0 bridgehead atoms. The molecule has 2 aromatic carbocycles. The van der Waals surface area contributed by atoms with Gasteiger partial charge in [-0.25, -0.2) is 10.4 Å². The predicted molar refractivity (Wildman–Crippen MR) is 122 cm³/mol. The number of hydrazone groups is 1. The molecule has 3 aromatic rings. The van der Waals surface area contributed by atoms with E-state index in [-0.39, 0.29) is 11.5 Å². The Bertz CT molecular complexity index is 1180. The third-order valence-electron chi connectivity index (χ3n) is 4.89.